The fourth-order valence-electron chi connectivity index (χ4n) is 2.56. The van der Waals surface area contributed by atoms with E-state index in [9.17, 15) is 13.2 Å². The summed E-state index contributed by atoms with van der Waals surface area (Å²) in [5, 5.41) is 0. The highest BCUT2D eigenvalue weighted by Gasteiger charge is 2.21. The minimum absolute atomic E-state index is 0.0186. The molecule has 1 saturated heterocycles. The fraction of sp³-hybridized carbons (Fsp3) is 0.533. The van der Waals surface area contributed by atoms with Crippen LogP contribution in [0.4, 0.5) is 0 Å². The standard InChI is InChI=1S/C15H21BrN2O3S/c1-12-3-2-10-18(11-12)15(19)8-9-17-22(20,21)14-6-4-13(16)5-7-14/h4-7,12,17H,2-3,8-11H2,1H3/t12-/m0/s1. The molecule has 0 saturated carbocycles. The Morgan fingerprint density at radius 1 is 1.36 bits per heavy atom. The van der Waals surface area contributed by atoms with Gasteiger partial charge in [0.1, 0.15) is 0 Å². The number of carbonyl (C=O) groups is 1. The van der Waals surface area contributed by atoms with Crippen molar-refractivity contribution in [1.29, 1.82) is 0 Å². The third-order valence-corrected chi connectivity index (χ3v) is 5.77. The summed E-state index contributed by atoms with van der Waals surface area (Å²) in [6.07, 6.45) is 2.37. The Labute approximate surface area is 140 Å². The highest BCUT2D eigenvalue weighted by Crippen LogP contribution is 2.16. The van der Waals surface area contributed by atoms with Crippen LogP contribution in [-0.4, -0.2) is 38.9 Å². The monoisotopic (exact) mass is 388 g/mol. The number of likely N-dealkylation sites (tertiary alicyclic amines) is 1. The van der Waals surface area contributed by atoms with Gasteiger partial charge < -0.3 is 4.90 Å². The SMILES string of the molecule is C[C@H]1CCCN(C(=O)CCNS(=O)(=O)c2ccc(Br)cc2)C1. The predicted molar refractivity (Wildman–Crippen MR) is 88.9 cm³/mol. The van der Waals surface area contributed by atoms with Crippen LogP contribution >= 0.6 is 15.9 Å². The van der Waals surface area contributed by atoms with Crippen LogP contribution in [0.5, 0.6) is 0 Å². The lowest BCUT2D eigenvalue weighted by Gasteiger charge is -2.31. The highest BCUT2D eigenvalue weighted by atomic mass is 79.9. The van der Waals surface area contributed by atoms with E-state index in [4.69, 9.17) is 0 Å². The molecule has 5 nitrogen and oxygen atoms in total. The molecule has 22 heavy (non-hydrogen) atoms. The van der Waals surface area contributed by atoms with Gasteiger partial charge in [-0.05, 0) is 43.0 Å². The van der Waals surface area contributed by atoms with Crippen molar-refractivity contribution in [1.82, 2.24) is 9.62 Å². The lowest BCUT2D eigenvalue weighted by atomic mass is 10.0. The fourth-order valence-corrected chi connectivity index (χ4v) is 3.86. The third-order valence-electron chi connectivity index (χ3n) is 3.76. The van der Waals surface area contributed by atoms with Crippen molar-refractivity contribution >= 4 is 31.9 Å². The normalized spacial score (nSPS) is 19.2. The second kappa shape index (κ2) is 7.57. The van der Waals surface area contributed by atoms with Gasteiger partial charge in [-0.1, -0.05) is 22.9 Å². The Hall–Kier alpha value is -0.920. The molecule has 1 amide bonds. The summed E-state index contributed by atoms with van der Waals surface area (Å²) in [4.78, 5) is 14.1. The van der Waals surface area contributed by atoms with Gasteiger partial charge in [0.05, 0.1) is 4.90 Å². The van der Waals surface area contributed by atoms with Crippen LogP contribution in [0.25, 0.3) is 0 Å². The lowest BCUT2D eigenvalue weighted by Crippen LogP contribution is -2.40. The number of hydrogen-bond donors (Lipinski definition) is 1. The van der Waals surface area contributed by atoms with Gasteiger partial charge in [0, 0.05) is 30.5 Å². The van der Waals surface area contributed by atoms with Crippen LogP contribution < -0.4 is 4.72 Å². The Morgan fingerprint density at radius 2 is 2.05 bits per heavy atom. The molecule has 1 N–H and O–H groups in total. The van der Waals surface area contributed by atoms with Crippen molar-refractivity contribution in [2.75, 3.05) is 19.6 Å². The number of sulfonamides is 1. The molecule has 0 radical (unpaired) electrons. The van der Waals surface area contributed by atoms with Gasteiger partial charge in [-0.2, -0.15) is 0 Å². The summed E-state index contributed by atoms with van der Waals surface area (Å²) in [6.45, 7) is 3.82. The maximum absolute atomic E-state index is 12.1. The Kier molecular flexibility index (Phi) is 6.00. The molecule has 1 aliphatic rings. The van der Waals surface area contributed by atoms with Crippen LogP contribution in [0.3, 0.4) is 0 Å². The zero-order chi connectivity index (χ0) is 16.2. The molecule has 0 aliphatic carbocycles. The number of hydrogen-bond acceptors (Lipinski definition) is 3. The topological polar surface area (TPSA) is 66.5 Å². The van der Waals surface area contributed by atoms with Gasteiger partial charge in [0.2, 0.25) is 15.9 Å². The van der Waals surface area contributed by atoms with Gasteiger partial charge in [0.25, 0.3) is 0 Å². The molecular formula is C15H21BrN2O3S. The number of nitrogens with zero attached hydrogens (tertiary/aromatic N) is 1. The van der Waals surface area contributed by atoms with E-state index in [0.717, 1.165) is 30.4 Å². The molecule has 1 aromatic rings. The molecule has 1 heterocycles. The number of amides is 1. The van der Waals surface area contributed by atoms with Gasteiger partial charge in [-0.3, -0.25) is 4.79 Å². The quantitative estimate of drug-likeness (QED) is 0.841. The molecule has 1 aromatic carbocycles. The summed E-state index contributed by atoms with van der Waals surface area (Å²) in [5.74, 6) is 0.544. The van der Waals surface area contributed by atoms with Gasteiger partial charge in [-0.15, -0.1) is 0 Å². The van der Waals surface area contributed by atoms with E-state index in [1.807, 2.05) is 4.90 Å². The molecule has 0 spiro atoms. The molecule has 0 unspecified atom stereocenters. The number of benzene rings is 1. The zero-order valence-electron chi connectivity index (χ0n) is 12.6. The molecule has 122 valence electrons. The average Bonchev–Trinajstić information content (AvgIpc) is 2.47. The highest BCUT2D eigenvalue weighted by molar-refractivity contribution is 9.10. The number of halogens is 1. The Balaban J connectivity index is 1.84. The van der Waals surface area contributed by atoms with Crippen molar-refractivity contribution in [3.8, 4) is 0 Å². The molecular weight excluding hydrogens is 368 g/mol. The first-order chi connectivity index (χ1) is 10.4. The first-order valence-electron chi connectivity index (χ1n) is 7.41. The van der Waals surface area contributed by atoms with Crippen LogP contribution in [0.2, 0.25) is 0 Å². The molecule has 1 atom stereocenters. The summed E-state index contributed by atoms with van der Waals surface area (Å²) in [5.41, 5.74) is 0. The summed E-state index contributed by atoms with van der Waals surface area (Å²) < 4.78 is 27.5. The molecule has 1 aliphatic heterocycles. The average molecular weight is 389 g/mol. The summed E-state index contributed by atoms with van der Waals surface area (Å²) >= 11 is 3.27. The van der Waals surface area contributed by atoms with E-state index in [1.54, 1.807) is 12.1 Å². The summed E-state index contributed by atoms with van der Waals surface area (Å²) in [7, 11) is -3.56. The van der Waals surface area contributed by atoms with Crippen molar-refractivity contribution in [3.05, 3.63) is 28.7 Å². The number of piperidine rings is 1. The van der Waals surface area contributed by atoms with Gasteiger partial charge >= 0.3 is 0 Å². The van der Waals surface area contributed by atoms with Crippen LogP contribution in [0.15, 0.2) is 33.6 Å². The lowest BCUT2D eigenvalue weighted by molar-refractivity contribution is -0.132. The third kappa shape index (κ3) is 4.79. The first-order valence-corrected chi connectivity index (χ1v) is 9.69. The van der Waals surface area contributed by atoms with E-state index < -0.39 is 10.0 Å². The molecule has 0 bridgehead atoms. The van der Waals surface area contributed by atoms with E-state index >= 15 is 0 Å². The molecule has 2 rings (SSSR count). The Bertz CT molecular complexity index is 616. The van der Waals surface area contributed by atoms with Crippen molar-refractivity contribution in [2.24, 2.45) is 5.92 Å². The molecule has 0 aromatic heterocycles. The van der Waals surface area contributed by atoms with Crippen molar-refractivity contribution in [3.63, 3.8) is 0 Å². The second-order valence-electron chi connectivity index (χ2n) is 5.69. The minimum Gasteiger partial charge on any atom is -0.342 e. The maximum Gasteiger partial charge on any atom is 0.240 e. The van der Waals surface area contributed by atoms with Crippen LogP contribution in [0, 0.1) is 5.92 Å². The van der Waals surface area contributed by atoms with E-state index in [0.29, 0.717) is 5.92 Å². The predicted octanol–water partition coefficient (Wildman–Crippen LogP) is 2.38. The van der Waals surface area contributed by atoms with Crippen LogP contribution in [-0.2, 0) is 14.8 Å². The van der Waals surface area contributed by atoms with Crippen molar-refractivity contribution in [2.45, 2.75) is 31.1 Å². The zero-order valence-corrected chi connectivity index (χ0v) is 15.0. The molecule has 7 heteroatoms. The maximum atomic E-state index is 12.1. The number of carbonyl (C=O) groups excluding carboxylic acids is 1. The van der Waals surface area contributed by atoms with E-state index in [2.05, 4.69) is 27.6 Å². The first kappa shape index (κ1) is 17.4. The molecule has 1 fully saturated rings. The minimum atomic E-state index is -3.56. The van der Waals surface area contributed by atoms with E-state index in [1.165, 1.54) is 12.1 Å². The van der Waals surface area contributed by atoms with Crippen LogP contribution in [0.1, 0.15) is 26.2 Å². The number of nitrogens with one attached hydrogen (secondary N) is 1. The van der Waals surface area contributed by atoms with Gasteiger partial charge in [0.15, 0.2) is 0 Å². The van der Waals surface area contributed by atoms with Gasteiger partial charge in [-0.25, -0.2) is 13.1 Å². The van der Waals surface area contributed by atoms with Crippen molar-refractivity contribution < 1.29 is 13.2 Å². The smallest absolute Gasteiger partial charge is 0.240 e. The Morgan fingerprint density at radius 3 is 2.68 bits per heavy atom. The summed E-state index contributed by atoms with van der Waals surface area (Å²) in [6, 6.07) is 6.41. The second-order valence-corrected chi connectivity index (χ2v) is 8.37. The largest absolute Gasteiger partial charge is 0.342 e. The van der Waals surface area contributed by atoms with E-state index in [-0.39, 0.29) is 23.8 Å². The number of rotatable bonds is 5.